The molecule has 0 bridgehead atoms. The van der Waals surface area contributed by atoms with Gasteiger partial charge in [0, 0.05) is 18.7 Å². The fraction of sp³-hybridized carbons (Fsp3) is 0.500. The van der Waals surface area contributed by atoms with Crippen LogP contribution < -0.4 is 4.74 Å². The first-order valence-electron chi connectivity index (χ1n) is 8.56. The maximum atomic E-state index is 10.4. The second-order valence-corrected chi connectivity index (χ2v) is 7.14. The van der Waals surface area contributed by atoms with Crippen molar-refractivity contribution in [2.75, 3.05) is 20.3 Å². The van der Waals surface area contributed by atoms with Crippen LogP contribution in [0.25, 0.3) is 0 Å². The normalized spacial score (nSPS) is 13.2. The molecule has 0 aliphatic heterocycles. The minimum atomic E-state index is -0.580. The highest BCUT2D eigenvalue weighted by Gasteiger charge is 2.18. The van der Waals surface area contributed by atoms with Gasteiger partial charge in [-0.1, -0.05) is 18.2 Å². The lowest BCUT2D eigenvalue weighted by atomic mass is 10.1. The second-order valence-electron chi connectivity index (χ2n) is 7.14. The molecule has 1 heterocycles. The lowest BCUT2D eigenvalue weighted by molar-refractivity contribution is -0.0576. The molecule has 0 aliphatic carbocycles. The van der Waals surface area contributed by atoms with Crippen molar-refractivity contribution in [1.82, 2.24) is 4.90 Å². The Labute approximate surface area is 150 Å². The highest BCUT2D eigenvalue weighted by Crippen LogP contribution is 2.21. The summed E-state index contributed by atoms with van der Waals surface area (Å²) in [5, 5.41) is 10.4. The predicted octanol–water partition coefficient (Wildman–Crippen LogP) is 3.47. The third-order valence-electron chi connectivity index (χ3n) is 3.72. The van der Waals surface area contributed by atoms with E-state index in [1.54, 1.807) is 13.4 Å². The second kappa shape index (κ2) is 9.04. The van der Waals surface area contributed by atoms with Crippen molar-refractivity contribution in [3.63, 3.8) is 0 Å². The lowest BCUT2D eigenvalue weighted by Crippen LogP contribution is -2.36. The van der Waals surface area contributed by atoms with Gasteiger partial charge >= 0.3 is 0 Å². The summed E-state index contributed by atoms with van der Waals surface area (Å²) in [6.45, 7) is 7.98. The molecule has 1 unspecified atom stereocenters. The van der Waals surface area contributed by atoms with Gasteiger partial charge in [-0.15, -0.1) is 0 Å². The van der Waals surface area contributed by atoms with Gasteiger partial charge in [-0.25, -0.2) is 0 Å². The van der Waals surface area contributed by atoms with Gasteiger partial charge in [0.1, 0.15) is 11.5 Å². The van der Waals surface area contributed by atoms with Crippen molar-refractivity contribution < 1.29 is 19.0 Å². The van der Waals surface area contributed by atoms with Crippen LogP contribution in [0.4, 0.5) is 0 Å². The van der Waals surface area contributed by atoms with Gasteiger partial charge in [0.25, 0.3) is 0 Å². The van der Waals surface area contributed by atoms with Crippen LogP contribution in [0.2, 0.25) is 0 Å². The van der Waals surface area contributed by atoms with Crippen LogP contribution in [-0.2, 0) is 17.8 Å². The van der Waals surface area contributed by atoms with E-state index < -0.39 is 6.10 Å². The number of rotatable bonds is 9. The minimum absolute atomic E-state index is 0.268. The number of benzene rings is 1. The standard InChI is InChI=1S/C20H29NO4/c1-20(2,3)25-15-17(22)13-21(14-18-9-7-11-24-18)12-16-8-5-6-10-19(16)23-4/h5-11,17,22H,12-15H2,1-4H3. The molecule has 1 aromatic carbocycles. The number of ether oxygens (including phenoxy) is 2. The maximum Gasteiger partial charge on any atom is 0.123 e. The zero-order valence-electron chi connectivity index (χ0n) is 15.6. The van der Waals surface area contributed by atoms with E-state index in [0.717, 1.165) is 17.1 Å². The average Bonchev–Trinajstić information content (AvgIpc) is 3.06. The first-order chi connectivity index (χ1) is 11.9. The number of furan rings is 1. The summed E-state index contributed by atoms with van der Waals surface area (Å²) in [6.07, 6.45) is 1.08. The van der Waals surface area contributed by atoms with Crippen LogP contribution in [-0.4, -0.2) is 42.0 Å². The molecule has 138 valence electrons. The Bertz CT molecular complexity index is 619. The molecule has 1 atom stereocenters. The summed E-state index contributed by atoms with van der Waals surface area (Å²) in [5.74, 6) is 1.70. The van der Waals surface area contributed by atoms with Gasteiger partial charge in [0.2, 0.25) is 0 Å². The van der Waals surface area contributed by atoms with Gasteiger partial charge in [0.05, 0.1) is 38.2 Å². The molecular weight excluding hydrogens is 318 g/mol. The van der Waals surface area contributed by atoms with Crippen molar-refractivity contribution >= 4 is 0 Å². The molecule has 2 rings (SSSR count). The lowest BCUT2D eigenvalue weighted by Gasteiger charge is -2.27. The summed E-state index contributed by atoms with van der Waals surface area (Å²) in [4.78, 5) is 2.13. The average molecular weight is 347 g/mol. The van der Waals surface area contributed by atoms with Gasteiger partial charge in [-0.3, -0.25) is 4.90 Å². The van der Waals surface area contributed by atoms with Gasteiger partial charge in [-0.2, -0.15) is 0 Å². The van der Waals surface area contributed by atoms with Gasteiger partial charge in [-0.05, 0) is 39.0 Å². The van der Waals surface area contributed by atoms with Crippen molar-refractivity contribution in [1.29, 1.82) is 0 Å². The summed E-state index contributed by atoms with van der Waals surface area (Å²) in [5.41, 5.74) is 0.802. The Kier molecular flexibility index (Phi) is 7.05. The van der Waals surface area contributed by atoms with E-state index in [-0.39, 0.29) is 5.60 Å². The molecule has 1 N–H and O–H groups in total. The number of aliphatic hydroxyl groups excluding tert-OH is 1. The molecule has 0 aliphatic rings. The first-order valence-corrected chi connectivity index (χ1v) is 8.56. The molecule has 25 heavy (non-hydrogen) atoms. The zero-order chi connectivity index (χ0) is 18.3. The van der Waals surface area contributed by atoms with E-state index in [0.29, 0.717) is 26.2 Å². The Balaban J connectivity index is 2.04. The molecule has 2 aromatic rings. The van der Waals surface area contributed by atoms with Gasteiger partial charge in [0.15, 0.2) is 0 Å². The van der Waals surface area contributed by atoms with Crippen LogP contribution >= 0.6 is 0 Å². The highest BCUT2D eigenvalue weighted by molar-refractivity contribution is 5.33. The maximum absolute atomic E-state index is 10.4. The minimum Gasteiger partial charge on any atom is -0.496 e. The molecule has 5 nitrogen and oxygen atoms in total. The van der Waals surface area contributed by atoms with Crippen LogP contribution in [0.5, 0.6) is 5.75 Å². The third-order valence-corrected chi connectivity index (χ3v) is 3.72. The summed E-state index contributed by atoms with van der Waals surface area (Å²) < 4.78 is 16.6. The summed E-state index contributed by atoms with van der Waals surface area (Å²) in [6, 6.07) is 11.7. The zero-order valence-corrected chi connectivity index (χ0v) is 15.6. The van der Waals surface area contributed by atoms with Crippen molar-refractivity contribution in [3.05, 3.63) is 54.0 Å². The molecule has 0 spiro atoms. The first kappa shape index (κ1) is 19.5. The Hall–Kier alpha value is -1.82. The van der Waals surface area contributed by atoms with E-state index >= 15 is 0 Å². The molecule has 1 aromatic heterocycles. The summed E-state index contributed by atoms with van der Waals surface area (Å²) in [7, 11) is 1.67. The SMILES string of the molecule is COc1ccccc1CN(Cc1ccco1)CC(O)COC(C)(C)C. The van der Waals surface area contributed by atoms with Crippen molar-refractivity contribution in [2.45, 2.75) is 45.6 Å². The molecule has 5 heteroatoms. The van der Waals surface area contributed by atoms with E-state index in [1.165, 1.54) is 0 Å². The van der Waals surface area contributed by atoms with E-state index in [2.05, 4.69) is 4.90 Å². The highest BCUT2D eigenvalue weighted by atomic mass is 16.5. The molecule has 0 fully saturated rings. The Morgan fingerprint density at radius 2 is 1.88 bits per heavy atom. The summed E-state index contributed by atoms with van der Waals surface area (Å²) >= 11 is 0. The van der Waals surface area contributed by atoms with Crippen LogP contribution in [0.3, 0.4) is 0 Å². The molecule has 0 radical (unpaired) electrons. The fourth-order valence-corrected chi connectivity index (χ4v) is 2.58. The van der Waals surface area contributed by atoms with Crippen LogP contribution in [0.15, 0.2) is 47.1 Å². The number of para-hydroxylation sites is 1. The van der Waals surface area contributed by atoms with Crippen LogP contribution in [0.1, 0.15) is 32.1 Å². The number of hydrogen-bond acceptors (Lipinski definition) is 5. The predicted molar refractivity (Wildman–Crippen MR) is 97.5 cm³/mol. The Morgan fingerprint density at radius 3 is 2.52 bits per heavy atom. The number of methoxy groups -OCH3 is 1. The van der Waals surface area contributed by atoms with E-state index in [1.807, 2.05) is 57.2 Å². The number of aliphatic hydroxyl groups is 1. The quantitative estimate of drug-likeness (QED) is 0.753. The number of hydrogen-bond donors (Lipinski definition) is 1. The smallest absolute Gasteiger partial charge is 0.123 e. The van der Waals surface area contributed by atoms with E-state index in [4.69, 9.17) is 13.9 Å². The molecule has 0 saturated heterocycles. The number of nitrogens with zero attached hydrogens (tertiary/aromatic N) is 1. The molecule has 0 saturated carbocycles. The monoisotopic (exact) mass is 347 g/mol. The molecular formula is C20H29NO4. The third kappa shape index (κ3) is 6.90. The van der Waals surface area contributed by atoms with E-state index in [9.17, 15) is 5.11 Å². The molecule has 0 amide bonds. The van der Waals surface area contributed by atoms with Crippen molar-refractivity contribution in [2.24, 2.45) is 0 Å². The fourth-order valence-electron chi connectivity index (χ4n) is 2.58. The Morgan fingerprint density at radius 1 is 1.12 bits per heavy atom. The van der Waals surface area contributed by atoms with Crippen LogP contribution in [0, 0.1) is 0 Å². The largest absolute Gasteiger partial charge is 0.496 e. The topological polar surface area (TPSA) is 55.1 Å². The van der Waals surface area contributed by atoms with Gasteiger partial charge < -0.3 is 19.0 Å². The van der Waals surface area contributed by atoms with Crippen molar-refractivity contribution in [3.8, 4) is 5.75 Å².